The molecule has 7 nitrogen and oxygen atoms in total. The average Bonchev–Trinajstić information content (AvgIpc) is 3.71. The van der Waals surface area contributed by atoms with Gasteiger partial charge in [-0.15, -0.1) is 0 Å². The summed E-state index contributed by atoms with van der Waals surface area (Å²) in [5, 5.41) is 10.6. The predicted octanol–water partition coefficient (Wildman–Crippen LogP) is 7.99. The molecule has 2 aliphatic rings. The van der Waals surface area contributed by atoms with Crippen molar-refractivity contribution in [2.24, 2.45) is 0 Å². The highest BCUT2D eigenvalue weighted by Gasteiger charge is 2.23. The standard InChI is InChI=1S/C36H38N4O3/c41-36(42)28-13-18-34-33(24-28)38-35(40(34)29-7-2-1-3-8-29)27-12-17-32-26(23-27)11-16-31(37-32)25-9-14-30(15-10-25)43-22-6-21-39-19-4-5-20-39/h9-18,23-24,29H,1-8,19-22H2,(H,41,42). The summed E-state index contributed by atoms with van der Waals surface area (Å²) in [4.78, 5) is 24.1. The van der Waals surface area contributed by atoms with Crippen molar-refractivity contribution >= 4 is 27.9 Å². The number of aromatic nitrogens is 3. The lowest BCUT2D eigenvalue weighted by molar-refractivity contribution is 0.0697. The normalized spacial score (nSPS) is 16.3. The molecule has 7 heteroatoms. The van der Waals surface area contributed by atoms with Gasteiger partial charge in [0.25, 0.3) is 0 Å². The molecule has 220 valence electrons. The summed E-state index contributed by atoms with van der Waals surface area (Å²) in [6, 6.07) is 24.4. The van der Waals surface area contributed by atoms with Crippen LogP contribution in [0.1, 0.15) is 67.8 Å². The highest BCUT2D eigenvalue weighted by atomic mass is 16.5. The first-order chi connectivity index (χ1) is 21.1. The van der Waals surface area contributed by atoms with Crippen LogP contribution >= 0.6 is 0 Å². The highest BCUT2D eigenvalue weighted by Crippen LogP contribution is 2.37. The molecule has 7 rings (SSSR count). The van der Waals surface area contributed by atoms with Crippen LogP contribution in [0.25, 0.3) is 44.6 Å². The van der Waals surface area contributed by atoms with Gasteiger partial charge in [0.2, 0.25) is 0 Å². The van der Waals surface area contributed by atoms with Crippen LogP contribution in [0.15, 0.2) is 72.8 Å². The zero-order valence-corrected chi connectivity index (χ0v) is 24.5. The van der Waals surface area contributed by atoms with Gasteiger partial charge < -0.3 is 19.3 Å². The topological polar surface area (TPSA) is 80.5 Å². The molecule has 0 bridgehead atoms. The minimum atomic E-state index is -0.932. The van der Waals surface area contributed by atoms with E-state index in [-0.39, 0.29) is 5.56 Å². The Hall–Kier alpha value is -4.23. The molecule has 3 aromatic carbocycles. The van der Waals surface area contributed by atoms with E-state index in [1.54, 1.807) is 12.1 Å². The molecule has 1 saturated carbocycles. The summed E-state index contributed by atoms with van der Waals surface area (Å²) < 4.78 is 8.34. The van der Waals surface area contributed by atoms with Gasteiger partial charge in [-0.2, -0.15) is 0 Å². The molecule has 1 aliphatic heterocycles. The van der Waals surface area contributed by atoms with E-state index in [0.717, 1.165) is 82.7 Å². The number of hydrogen-bond donors (Lipinski definition) is 1. The fourth-order valence-corrected chi connectivity index (χ4v) is 6.78. The largest absolute Gasteiger partial charge is 0.494 e. The van der Waals surface area contributed by atoms with E-state index in [4.69, 9.17) is 14.7 Å². The van der Waals surface area contributed by atoms with Crippen molar-refractivity contribution in [2.45, 2.75) is 57.4 Å². The maximum absolute atomic E-state index is 11.6. The number of carbonyl (C=O) groups is 1. The lowest BCUT2D eigenvalue weighted by Gasteiger charge is -2.25. The van der Waals surface area contributed by atoms with Crippen LogP contribution in [0.4, 0.5) is 0 Å². The zero-order valence-electron chi connectivity index (χ0n) is 24.5. The van der Waals surface area contributed by atoms with Crippen LogP contribution < -0.4 is 4.74 Å². The van der Waals surface area contributed by atoms with E-state index < -0.39 is 5.97 Å². The van der Waals surface area contributed by atoms with Gasteiger partial charge in [0, 0.05) is 29.1 Å². The first-order valence-electron chi connectivity index (χ1n) is 15.7. The van der Waals surface area contributed by atoms with Crippen LogP contribution in [0, 0.1) is 0 Å². The number of carboxylic acid groups (broad SMARTS) is 1. The van der Waals surface area contributed by atoms with Crippen LogP contribution in [0.5, 0.6) is 5.75 Å². The van der Waals surface area contributed by atoms with E-state index in [1.165, 1.54) is 45.2 Å². The van der Waals surface area contributed by atoms with Crippen LogP contribution in [0.3, 0.4) is 0 Å². The van der Waals surface area contributed by atoms with Crippen molar-refractivity contribution in [3.8, 4) is 28.4 Å². The molecule has 43 heavy (non-hydrogen) atoms. The highest BCUT2D eigenvalue weighted by molar-refractivity contribution is 5.94. The Balaban J connectivity index is 1.12. The van der Waals surface area contributed by atoms with E-state index in [1.807, 2.05) is 18.2 Å². The number of hydrogen-bond acceptors (Lipinski definition) is 5. The summed E-state index contributed by atoms with van der Waals surface area (Å²) in [5.41, 5.74) is 5.93. The Morgan fingerprint density at radius 3 is 2.40 bits per heavy atom. The van der Waals surface area contributed by atoms with Crippen molar-refractivity contribution in [2.75, 3.05) is 26.2 Å². The van der Waals surface area contributed by atoms with Gasteiger partial charge in [-0.25, -0.2) is 14.8 Å². The minimum Gasteiger partial charge on any atom is -0.494 e. The smallest absolute Gasteiger partial charge is 0.335 e. The number of carboxylic acids is 1. The summed E-state index contributed by atoms with van der Waals surface area (Å²) in [6.45, 7) is 4.31. The second-order valence-electron chi connectivity index (χ2n) is 12.0. The number of likely N-dealkylation sites (tertiary alicyclic amines) is 1. The molecule has 1 saturated heterocycles. The summed E-state index contributed by atoms with van der Waals surface area (Å²) in [7, 11) is 0. The van der Waals surface area contributed by atoms with E-state index in [0.29, 0.717) is 6.04 Å². The second kappa shape index (κ2) is 12.2. The van der Waals surface area contributed by atoms with Gasteiger partial charge in [0.1, 0.15) is 11.6 Å². The van der Waals surface area contributed by atoms with Crippen molar-refractivity contribution in [3.05, 3.63) is 78.4 Å². The van der Waals surface area contributed by atoms with Crippen molar-refractivity contribution in [3.63, 3.8) is 0 Å². The first kappa shape index (κ1) is 27.6. The first-order valence-corrected chi connectivity index (χ1v) is 15.7. The predicted molar refractivity (Wildman–Crippen MR) is 171 cm³/mol. The number of fused-ring (bicyclic) bond motifs is 2. The lowest BCUT2D eigenvalue weighted by atomic mass is 9.94. The fraction of sp³-hybridized carbons (Fsp3) is 0.361. The van der Waals surface area contributed by atoms with E-state index >= 15 is 0 Å². The van der Waals surface area contributed by atoms with Crippen LogP contribution in [-0.4, -0.2) is 56.8 Å². The Bertz CT molecular complexity index is 1750. The number of benzene rings is 3. The Kier molecular flexibility index (Phi) is 7.81. The molecule has 1 aliphatic carbocycles. The lowest BCUT2D eigenvalue weighted by Crippen LogP contribution is -2.21. The van der Waals surface area contributed by atoms with Crippen molar-refractivity contribution in [1.29, 1.82) is 0 Å². The average molecular weight is 575 g/mol. The number of ether oxygens (including phenoxy) is 1. The maximum atomic E-state index is 11.6. The van der Waals surface area contributed by atoms with Gasteiger partial charge in [-0.05, 0) is 112 Å². The molecule has 0 atom stereocenters. The summed E-state index contributed by atoms with van der Waals surface area (Å²) >= 11 is 0. The maximum Gasteiger partial charge on any atom is 0.335 e. The Morgan fingerprint density at radius 1 is 0.814 bits per heavy atom. The third kappa shape index (κ3) is 5.87. The summed E-state index contributed by atoms with van der Waals surface area (Å²) in [5.74, 6) is 0.858. The molecular weight excluding hydrogens is 536 g/mol. The van der Waals surface area contributed by atoms with Gasteiger partial charge >= 0.3 is 5.97 Å². The van der Waals surface area contributed by atoms with Gasteiger partial charge in [-0.3, -0.25) is 0 Å². The summed E-state index contributed by atoms with van der Waals surface area (Å²) in [6.07, 6.45) is 9.59. The number of imidazole rings is 1. The number of aromatic carboxylic acids is 1. The van der Waals surface area contributed by atoms with Crippen molar-refractivity contribution < 1.29 is 14.6 Å². The second-order valence-corrected chi connectivity index (χ2v) is 12.0. The Labute approximate surface area is 252 Å². The molecule has 3 heterocycles. The van der Waals surface area contributed by atoms with Gasteiger partial charge in [0.15, 0.2) is 0 Å². The minimum absolute atomic E-state index is 0.264. The molecule has 0 amide bonds. The number of rotatable bonds is 9. The van der Waals surface area contributed by atoms with Crippen LogP contribution in [0.2, 0.25) is 0 Å². The molecule has 2 aromatic heterocycles. The Morgan fingerprint density at radius 2 is 1.60 bits per heavy atom. The SMILES string of the molecule is O=C(O)c1ccc2c(c1)nc(-c1ccc3nc(-c4ccc(OCCCN5CCCC5)cc4)ccc3c1)n2C1CCCCC1. The van der Waals surface area contributed by atoms with E-state index in [2.05, 4.69) is 51.9 Å². The fourth-order valence-electron chi connectivity index (χ4n) is 6.78. The number of nitrogens with zero attached hydrogens (tertiary/aromatic N) is 4. The third-order valence-electron chi connectivity index (χ3n) is 9.06. The molecule has 0 radical (unpaired) electrons. The molecule has 0 unspecified atom stereocenters. The van der Waals surface area contributed by atoms with Crippen molar-refractivity contribution in [1.82, 2.24) is 19.4 Å². The zero-order chi connectivity index (χ0) is 29.2. The van der Waals surface area contributed by atoms with Crippen LogP contribution in [-0.2, 0) is 0 Å². The van der Waals surface area contributed by atoms with E-state index in [9.17, 15) is 9.90 Å². The van der Waals surface area contributed by atoms with Gasteiger partial charge in [0.05, 0.1) is 34.4 Å². The quantitative estimate of drug-likeness (QED) is 0.180. The third-order valence-corrected chi connectivity index (χ3v) is 9.06. The molecule has 1 N–H and O–H groups in total. The molecule has 0 spiro atoms. The number of pyridine rings is 1. The molecular formula is C36H38N4O3. The monoisotopic (exact) mass is 574 g/mol. The van der Waals surface area contributed by atoms with Gasteiger partial charge in [-0.1, -0.05) is 25.3 Å². The molecule has 2 fully saturated rings. The molecule has 5 aromatic rings.